The molecule has 0 atom stereocenters. The molecule has 2 rings (SSSR count). The maximum absolute atomic E-state index is 12.9. The summed E-state index contributed by atoms with van der Waals surface area (Å²) < 4.78 is 38.8. The molecule has 20 heavy (non-hydrogen) atoms. The van der Waals surface area contributed by atoms with Crippen molar-refractivity contribution < 1.29 is 13.2 Å². The van der Waals surface area contributed by atoms with Gasteiger partial charge in [-0.05, 0) is 37.3 Å². The molecule has 0 spiro atoms. The van der Waals surface area contributed by atoms with Crippen LogP contribution in [0.5, 0.6) is 0 Å². The number of nitrogens with zero attached hydrogens (tertiary/aromatic N) is 2. The SMILES string of the molecule is CCCN(CC1CC1)c1cc(C(F)(F)F)cc(NC)n1. The zero-order chi connectivity index (χ0) is 14.8. The molecular weight excluding hydrogens is 267 g/mol. The van der Waals surface area contributed by atoms with Crippen molar-refractivity contribution in [3.05, 3.63) is 17.7 Å². The second kappa shape index (κ2) is 5.89. The Kier molecular flexibility index (Phi) is 4.40. The van der Waals surface area contributed by atoms with Gasteiger partial charge in [0.1, 0.15) is 11.6 Å². The van der Waals surface area contributed by atoms with E-state index in [2.05, 4.69) is 10.3 Å². The molecule has 0 unspecified atom stereocenters. The van der Waals surface area contributed by atoms with E-state index in [0.29, 0.717) is 11.7 Å². The van der Waals surface area contributed by atoms with Crippen molar-refractivity contribution in [1.29, 1.82) is 0 Å². The number of pyridine rings is 1. The first-order valence-corrected chi connectivity index (χ1v) is 6.96. The van der Waals surface area contributed by atoms with Crippen LogP contribution in [-0.2, 0) is 6.18 Å². The van der Waals surface area contributed by atoms with Gasteiger partial charge in [0.2, 0.25) is 0 Å². The molecule has 0 aliphatic heterocycles. The van der Waals surface area contributed by atoms with Gasteiger partial charge in [-0.1, -0.05) is 6.92 Å². The van der Waals surface area contributed by atoms with Crippen molar-refractivity contribution in [2.45, 2.75) is 32.4 Å². The number of hydrogen-bond acceptors (Lipinski definition) is 3. The summed E-state index contributed by atoms with van der Waals surface area (Å²) in [4.78, 5) is 6.25. The molecule has 1 N–H and O–H groups in total. The molecule has 1 saturated carbocycles. The van der Waals surface area contributed by atoms with Gasteiger partial charge < -0.3 is 10.2 Å². The number of halogens is 3. The summed E-state index contributed by atoms with van der Waals surface area (Å²) in [5.74, 6) is 1.28. The van der Waals surface area contributed by atoms with Crippen LogP contribution in [0.3, 0.4) is 0 Å². The van der Waals surface area contributed by atoms with E-state index in [1.807, 2.05) is 11.8 Å². The lowest BCUT2D eigenvalue weighted by molar-refractivity contribution is -0.137. The average Bonchev–Trinajstić information content (AvgIpc) is 3.20. The number of aromatic nitrogens is 1. The summed E-state index contributed by atoms with van der Waals surface area (Å²) in [5.41, 5.74) is -0.649. The van der Waals surface area contributed by atoms with Gasteiger partial charge in [-0.2, -0.15) is 13.2 Å². The third-order valence-corrected chi connectivity index (χ3v) is 3.39. The van der Waals surface area contributed by atoms with E-state index >= 15 is 0 Å². The Bertz CT molecular complexity index is 455. The van der Waals surface area contributed by atoms with Crippen LogP contribution in [0.2, 0.25) is 0 Å². The van der Waals surface area contributed by atoms with E-state index < -0.39 is 11.7 Å². The lowest BCUT2D eigenvalue weighted by atomic mass is 10.2. The van der Waals surface area contributed by atoms with E-state index in [9.17, 15) is 13.2 Å². The third-order valence-electron chi connectivity index (χ3n) is 3.39. The van der Waals surface area contributed by atoms with Gasteiger partial charge in [0.15, 0.2) is 0 Å². The highest BCUT2D eigenvalue weighted by molar-refractivity contribution is 5.51. The zero-order valence-corrected chi connectivity index (χ0v) is 11.8. The lowest BCUT2D eigenvalue weighted by Crippen LogP contribution is -2.28. The molecule has 1 aliphatic rings. The van der Waals surface area contributed by atoms with Crippen LogP contribution in [0.15, 0.2) is 12.1 Å². The number of anilines is 2. The summed E-state index contributed by atoms with van der Waals surface area (Å²) in [6.07, 6.45) is -1.13. The summed E-state index contributed by atoms with van der Waals surface area (Å²) in [6, 6.07) is 2.20. The molecule has 0 amide bonds. The van der Waals surface area contributed by atoms with Crippen LogP contribution in [0.4, 0.5) is 24.8 Å². The number of rotatable bonds is 6. The van der Waals surface area contributed by atoms with Crippen molar-refractivity contribution in [3.63, 3.8) is 0 Å². The van der Waals surface area contributed by atoms with Crippen molar-refractivity contribution >= 4 is 11.6 Å². The lowest BCUT2D eigenvalue weighted by Gasteiger charge is -2.24. The van der Waals surface area contributed by atoms with E-state index in [0.717, 1.165) is 44.5 Å². The molecule has 1 fully saturated rings. The molecule has 0 aromatic carbocycles. The van der Waals surface area contributed by atoms with Crippen LogP contribution in [0.1, 0.15) is 31.7 Å². The summed E-state index contributed by atoms with van der Waals surface area (Å²) in [7, 11) is 1.58. The Morgan fingerprint density at radius 2 is 2.05 bits per heavy atom. The zero-order valence-electron chi connectivity index (χ0n) is 11.8. The first-order valence-electron chi connectivity index (χ1n) is 6.96. The Morgan fingerprint density at radius 1 is 1.35 bits per heavy atom. The highest BCUT2D eigenvalue weighted by Gasteiger charge is 2.32. The van der Waals surface area contributed by atoms with Crippen molar-refractivity contribution in [2.75, 3.05) is 30.4 Å². The van der Waals surface area contributed by atoms with Gasteiger partial charge in [-0.15, -0.1) is 0 Å². The van der Waals surface area contributed by atoms with Crippen molar-refractivity contribution in [3.8, 4) is 0 Å². The van der Waals surface area contributed by atoms with Crippen LogP contribution in [0.25, 0.3) is 0 Å². The Labute approximate surface area is 117 Å². The quantitative estimate of drug-likeness (QED) is 0.863. The fourth-order valence-corrected chi connectivity index (χ4v) is 2.15. The van der Waals surface area contributed by atoms with Crippen LogP contribution in [0, 0.1) is 5.92 Å². The fourth-order valence-electron chi connectivity index (χ4n) is 2.15. The molecule has 1 heterocycles. The van der Waals surface area contributed by atoms with Gasteiger partial charge in [-0.3, -0.25) is 0 Å². The van der Waals surface area contributed by atoms with Crippen molar-refractivity contribution in [1.82, 2.24) is 4.98 Å². The standard InChI is InChI=1S/C14H20F3N3/c1-3-6-20(9-10-4-5-10)13-8-11(14(15,16)17)7-12(18-2)19-13/h7-8,10H,3-6,9H2,1-2H3,(H,18,19). The van der Waals surface area contributed by atoms with Crippen molar-refractivity contribution in [2.24, 2.45) is 5.92 Å². The van der Waals surface area contributed by atoms with Gasteiger partial charge in [-0.25, -0.2) is 4.98 Å². The fraction of sp³-hybridized carbons (Fsp3) is 0.643. The smallest absolute Gasteiger partial charge is 0.373 e. The maximum Gasteiger partial charge on any atom is 0.416 e. The molecular formula is C14H20F3N3. The van der Waals surface area contributed by atoms with E-state index in [1.54, 1.807) is 7.05 Å². The molecule has 0 radical (unpaired) electrons. The molecule has 0 bridgehead atoms. The van der Waals surface area contributed by atoms with Crippen LogP contribution in [-0.4, -0.2) is 25.1 Å². The van der Waals surface area contributed by atoms with Crippen LogP contribution >= 0.6 is 0 Å². The monoisotopic (exact) mass is 287 g/mol. The minimum absolute atomic E-state index is 0.256. The number of alkyl halides is 3. The Morgan fingerprint density at radius 3 is 2.55 bits per heavy atom. The molecule has 0 saturated heterocycles. The van der Waals surface area contributed by atoms with E-state index in [1.165, 1.54) is 0 Å². The minimum Gasteiger partial charge on any atom is -0.373 e. The van der Waals surface area contributed by atoms with Gasteiger partial charge in [0.25, 0.3) is 0 Å². The summed E-state index contributed by atoms with van der Waals surface area (Å²) in [6.45, 7) is 3.55. The normalized spacial score (nSPS) is 15.2. The molecule has 112 valence electrons. The van der Waals surface area contributed by atoms with E-state index in [-0.39, 0.29) is 5.82 Å². The molecule has 1 aromatic heterocycles. The first-order chi connectivity index (χ1) is 9.44. The topological polar surface area (TPSA) is 28.2 Å². The average molecular weight is 287 g/mol. The van der Waals surface area contributed by atoms with Gasteiger partial charge >= 0.3 is 6.18 Å². The maximum atomic E-state index is 12.9. The Balaban J connectivity index is 2.31. The number of nitrogens with one attached hydrogen (secondary N) is 1. The largest absolute Gasteiger partial charge is 0.416 e. The first kappa shape index (κ1) is 14.9. The second-order valence-electron chi connectivity index (χ2n) is 5.24. The van der Waals surface area contributed by atoms with Gasteiger partial charge in [0.05, 0.1) is 5.56 Å². The predicted octanol–water partition coefficient (Wildman–Crippen LogP) is 3.77. The molecule has 1 aromatic rings. The molecule has 3 nitrogen and oxygen atoms in total. The summed E-state index contributed by atoms with van der Waals surface area (Å²) in [5, 5.41) is 2.71. The van der Waals surface area contributed by atoms with Crippen LogP contribution < -0.4 is 10.2 Å². The van der Waals surface area contributed by atoms with E-state index in [4.69, 9.17) is 0 Å². The minimum atomic E-state index is -4.35. The third kappa shape index (κ3) is 3.77. The van der Waals surface area contributed by atoms with Gasteiger partial charge in [0, 0.05) is 20.1 Å². The highest BCUT2D eigenvalue weighted by Crippen LogP contribution is 2.35. The number of hydrogen-bond donors (Lipinski definition) is 1. The second-order valence-corrected chi connectivity index (χ2v) is 5.24. The molecule has 6 heteroatoms. The predicted molar refractivity (Wildman–Crippen MR) is 74.0 cm³/mol. The highest BCUT2D eigenvalue weighted by atomic mass is 19.4. The molecule has 1 aliphatic carbocycles. The summed E-state index contributed by atoms with van der Waals surface area (Å²) >= 11 is 0. The Hall–Kier alpha value is -1.46.